The van der Waals surface area contributed by atoms with Gasteiger partial charge in [-0.2, -0.15) is 0 Å². The summed E-state index contributed by atoms with van der Waals surface area (Å²) in [5.74, 6) is 0. The van der Waals surface area contributed by atoms with Gasteiger partial charge in [0.25, 0.3) is 5.56 Å². The molecule has 1 aromatic carbocycles. The van der Waals surface area contributed by atoms with Crippen LogP contribution in [0.4, 0.5) is 0 Å². The fourth-order valence-electron chi connectivity index (χ4n) is 4.08. The van der Waals surface area contributed by atoms with E-state index in [2.05, 4.69) is 23.8 Å². The van der Waals surface area contributed by atoms with Crippen molar-refractivity contribution >= 4 is 22.5 Å². The van der Waals surface area contributed by atoms with Crippen molar-refractivity contribution in [2.75, 3.05) is 0 Å². The van der Waals surface area contributed by atoms with Gasteiger partial charge in [-0.25, -0.2) is 9.97 Å². The molecule has 0 spiro atoms. The zero-order valence-corrected chi connectivity index (χ0v) is 23.4. The van der Waals surface area contributed by atoms with E-state index in [-0.39, 0.29) is 11.6 Å². The van der Waals surface area contributed by atoms with Crippen molar-refractivity contribution in [3.05, 3.63) is 92.2 Å². The second-order valence-corrected chi connectivity index (χ2v) is 9.70. The number of rotatable bonds is 6. The van der Waals surface area contributed by atoms with Crippen molar-refractivity contribution < 1.29 is 5.11 Å². The quantitative estimate of drug-likeness (QED) is 0.356. The van der Waals surface area contributed by atoms with Crippen LogP contribution in [0, 0.1) is 20.8 Å². The number of fused-ring (bicyclic) bond motifs is 1. The third-order valence-corrected chi connectivity index (χ3v) is 6.55. The first-order valence-corrected chi connectivity index (χ1v) is 13.2. The second-order valence-electron chi connectivity index (χ2n) is 9.34. The number of aromatic nitrogens is 3. The molecule has 0 aliphatic heterocycles. The lowest BCUT2D eigenvalue weighted by Crippen LogP contribution is -2.31. The van der Waals surface area contributed by atoms with Gasteiger partial charge in [0, 0.05) is 6.20 Å². The van der Waals surface area contributed by atoms with E-state index in [9.17, 15) is 9.90 Å². The number of hydrogen-bond donors (Lipinski definition) is 1. The molecule has 2 aromatic heterocycles. The van der Waals surface area contributed by atoms with Crippen molar-refractivity contribution in [2.24, 2.45) is 0 Å². The summed E-state index contributed by atoms with van der Waals surface area (Å²) in [5.41, 5.74) is 5.44. The van der Waals surface area contributed by atoms with Gasteiger partial charge >= 0.3 is 0 Å². The summed E-state index contributed by atoms with van der Waals surface area (Å²) in [6.07, 6.45) is 6.03. The third kappa shape index (κ3) is 7.37. The molecule has 5 nitrogen and oxygen atoms in total. The SMILES string of the molecule is CCC.CCCC(C(C)O)n1cnc2c(C)ccccc(C)c(Cc3ccnc(Cl)c3C)cc2c1=O. The van der Waals surface area contributed by atoms with Gasteiger partial charge < -0.3 is 5.11 Å². The Labute approximate surface area is 220 Å². The summed E-state index contributed by atoms with van der Waals surface area (Å²) in [6.45, 7) is 14.0. The number of aryl methyl sites for hydroxylation is 2. The molecule has 36 heavy (non-hydrogen) atoms. The van der Waals surface area contributed by atoms with Gasteiger partial charge in [-0.05, 0) is 80.5 Å². The molecule has 2 atom stereocenters. The maximum atomic E-state index is 13.7. The summed E-state index contributed by atoms with van der Waals surface area (Å²) in [7, 11) is 0. The summed E-state index contributed by atoms with van der Waals surface area (Å²) >= 11 is 6.26. The molecule has 3 rings (SSSR count). The van der Waals surface area contributed by atoms with E-state index in [0.717, 1.165) is 34.2 Å². The largest absolute Gasteiger partial charge is 0.391 e. The third-order valence-electron chi connectivity index (χ3n) is 6.17. The summed E-state index contributed by atoms with van der Waals surface area (Å²) < 4.78 is 1.59. The highest BCUT2D eigenvalue weighted by atomic mass is 35.5. The molecule has 3 aromatic rings. The van der Waals surface area contributed by atoms with Gasteiger partial charge in [-0.15, -0.1) is 0 Å². The molecular weight excluding hydrogens is 470 g/mol. The minimum atomic E-state index is -0.659. The Balaban J connectivity index is 0.00000145. The lowest BCUT2D eigenvalue weighted by molar-refractivity contribution is 0.122. The van der Waals surface area contributed by atoms with E-state index in [4.69, 9.17) is 11.6 Å². The number of aliphatic hydroxyl groups excluding tert-OH is 1. The number of hydrogen-bond acceptors (Lipinski definition) is 4. The van der Waals surface area contributed by atoms with Crippen molar-refractivity contribution in [1.82, 2.24) is 14.5 Å². The van der Waals surface area contributed by atoms with Crippen molar-refractivity contribution in [3.8, 4) is 0 Å². The zero-order chi connectivity index (χ0) is 26.8. The molecule has 0 amide bonds. The van der Waals surface area contributed by atoms with Gasteiger partial charge in [0.1, 0.15) is 5.15 Å². The highest BCUT2D eigenvalue weighted by Gasteiger charge is 2.19. The Bertz CT molecular complexity index is 1280. The minimum Gasteiger partial charge on any atom is -0.391 e. The monoisotopic (exact) mass is 509 g/mol. The van der Waals surface area contributed by atoms with Crippen molar-refractivity contribution in [2.45, 2.75) is 86.3 Å². The second kappa shape index (κ2) is 14.1. The summed E-state index contributed by atoms with van der Waals surface area (Å²) in [6, 6.07) is 11.5. The van der Waals surface area contributed by atoms with Gasteiger partial charge in [0.2, 0.25) is 0 Å². The van der Waals surface area contributed by atoms with E-state index in [0.29, 0.717) is 28.9 Å². The fraction of sp³-hybridized carbons (Fsp3) is 0.433. The van der Waals surface area contributed by atoms with Gasteiger partial charge in [-0.1, -0.05) is 69.5 Å². The molecule has 0 saturated heterocycles. The van der Waals surface area contributed by atoms with E-state index in [1.54, 1.807) is 24.0 Å². The first kappa shape index (κ1) is 29.5. The van der Waals surface area contributed by atoms with Crippen LogP contribution in [0.15, 0.2) is 53.7 Å². The number of pyridine rings is 1. The van der Waals surface area contributed by atoms with Gasteiger partial charge in [-0.3, -0.25) is 9.36 Å². The average Bonchev–Trinajstić information content (AvgIpc) is 2.83. The molecule has 0 fully saturated rings. The Kier molecular flexibility index (Phi) is 11.5. The van der Waals surface area contributed by atoms with Crippen LogP contribution in [0.1, 0.15) is 80.8 Å². The lowest BCUT2D eigenvalue weighted by Gasteiger charge is -2.22. The van der Waals surface area contributed by atoms with Crippen LogP contribution in [-0.2, 0) is 6.42 Å². The lowest BCUT2D eigenvalue weighted by atomic mass is 9.98. The molecule has 0 saturated carbocycles. The molecule has 0 bridgehead atoms. The normalized spacial score (nSPS) is 12.4. The number of nitrogens with zero attached hydrogens (tertiary/aromatic N) is 3. The molecule has 194 valence electrons. The first-order valence-electron chi connectivity index (χ1n) is 12.8. The highest BCUT2D eigenvalue weighted by molar-refractivity contribution is 6.30. The predicted octanol–water partition coefficient (Wildman–Crippen LogP) is 7.22. The minimum absolute atomic E-state index is 0.147. The molecule has 0 aliphatic rings. The topological polar surface area (TPSA) is 68.0 Å². The Hall–Kier alpha value is -2.76. The van der Waals surface area contributed by atoms with Crippen LogP contribution in [0.25, 0.3) is 10.9 Å². The molecular formula is C30H40ClN3O2. The molecule has 6 heteroatoms. The van der Waals surface area contributed by atoms with E-state index >= 15 is 0 Å². The maximum Gasteiger partial charge on any atom is 0.261 e. The molecule has 2 unspecified atom stereocenters. The average molecular weight is 510 g/mol. The fourth-order valence-corrected chi connectivity index (χ4v) is 4.26. The van der Waals surface area contributed by atoms with Gasteiger partial charge in [0.15, 0.2) is 0 Å². The summed E-state index contributed by atoms with van der Waals surface area (Å²) in [5, 5.41) is 11.4. The molecule has 0 radical (unpaired) electrons. The first-order chi connectivity index (χ1) is 17.2. The Morgan fingerprint density at radius 3 is 2.25 bits per heavy atom. The van der Waals surface area contributed by atoms with Crippen LogP contribution >= 0.6 is 11.6 Å². The molecule has 2 heterocycles. The van der Waals surface area contributed by atoms with Crippen LogP contribution in [0.2, 0.25) is 5.15 Å². The van der Waals surface area contributed by atoms with Crippen LogP contribution in [0.5, 0.6) is 0 Å². The van der Waals surface area contributed by atoms with E-state index in [1.807, 2.05) is 64.1 Å². The predicted molar refractivity (Wildman–Crippen MR) is 151 cm³/mol. The standard InChI is InChI=1S/C27H32ClN3O2.C3H8/c1-6-9-24(20(5)32)31-16-30-25-18(3)11-8-7-10-17(2)22(15-23(25)27(31)33)14-21-12-13-29-26(28)19(21)4;1-3-2/h7-8,10-13,15-16,20,24,32H,6,9,14H2,1-5H3;3H2,1-2H3. The number of aliphatic hydroxyl groups is 1. The number of halogens is 1. The van der Waals surface area contributed by atoms with E-state index in [1.165, 1.54) is 6.42 Å². The molecule has 0 aliphatic carbocycles. The van der Waals surface area contributed by atoms with Crippen molar-refractivity contribution in [3.63, 3.8) is 0 Å². The smallest absolute Gasteiger partial charge is 0.261 e. The zero-order valence-electron chi connectivity index (χ0n) is 22.7. The van der Waals surface area contributed by atoms with Crippen LogP contribution in [0.3, 0.4) is 0 Å². The highest BCUT2D eigenvalue weighted by Crippen LogP contribution is 2.22. The Morgan fingerprint density at radius 2 is 1.64 bits per heavy atom. The van der Waals surface area contributed by atoms with Crippen LogP contribution in [-0.4, -0.2) is 25.7 Å². The Morgan fingerprint density at radius 1 is 1.00 bits per heavy atom. The maximum absolute atomic E-state index is 13.7. The van der Waals surface area contributed by atoms with Gasteiger partial charge in [0.05, 0.1) is 29.4 Å². The molecule has 1 N–H and O–H groups in total. The van der Waals surface area contributed by atoms with Crippen molar-refractivity contribution in [1.29, 1.82) is 0 Å². The summed E-state index contributed by atoms with van der Waals surface area (Å²) in [4.78, 5) is 22.6. The van der Waals surface area contributed by atoms with E-state index < -0.39 is 6.10 Å². The van der Waals surface area contributed by atoms with Crippen LogP contribution < -0.4 is 5.56 Å².